The van der Waals surface area contributed by atoms with Crippen molar-refractivity contribution in [3.63, 3.8) is 0 Å². The van der Waals surface area contributed by atoms with Crippen molar-refractivity contribution in [3.05, 3.63) is 77.2 Å². The lowest BCUT2D eigenvalue weighted by Gasteiger charge is -2.08. The third kappa shape index (κ3) is 5.65. The van der Waals surface area contributed by atoms with Crippen molar-refractivity contribution in [2.75, 3.05) is 5.32 Å². The Morgan fingerprint density at radius 3 is 2.45 bits per heavy atom. The monoisotopic (exact) mass is 456 g/mol. The number of hydrogen-bond donors (Lipinski definition) is 1. The Morgan fingerprint density at radius 2 is 1.74 bits per heavy atom. The van der Waals surface area contributed by atoms with E-state index in [2.05, 4.69) is 10.3 Å². The molecule has 1 aromatic heterocycles. The molecule has 0 spiro atoms. The van der Waals surface area contributed by atoms with Crippen molar-refractivity contribution in [1.82, 2.24) is 4.98 Å². The summed E-state index contributed by atoms with van der Waals surface area (Å²) in [5, 5.41) is 3.36. The van der Waals surface area contributed by atoms with Gasteiger partial charge in [0, 0.05) is 11.5 Å². The zero-order chi connectivity index (χ0) is 22.4. The lowest BCUT2D eigenvalue weighted by atomic mass is 10.2. The molecule has 0 aliphatic rings. The quantitative estimate of drug-likeness (QED) is 0.325. The Labute approximate surface area is 184 Å². The maximum atomic E-state index is 12.7. The molecule has 7 nitrogen and oxygen atoms in total. The van der Waals surface area contributed by atoms with E-state index in [1.165, 1.54) is 23.6 Å². The van der Waals surface area contributed by atoms with Crippen LogP contribution in [-0.2, 0) is 14.6 Å². The van der Waals surface area contributed by atoms with Gasteiger partial charge in [0.25, 0.3) is 5.91 Å². The number of nitrogens with one attached hydrogen (secondary N) is 1. The SMILES string of the molecule is CC(C)S(=O)(=O)c1csc(NC(=O)c2ccccc2OC(=O)/C=C/c2ccccc2)n1. The van der Waals surface area contributed by atoms with Crippen LogP contribution in [0.3, 0.4) is 0 Å². The molecule has 0 aliphatic carbocycles. The van der Waals surface area contributed by atoms with Gasteiger partial charge in [-0.05, 0) is 37.6 Å². The van der Waals surface area contributed by atoms with E-state index in [0.717, 1.165) is 16.9 Å². The molecule has 3 aromatic rings. The number of hydrogen-bond acceptors (Lipinski definition) is 7. The first-order valence-corrected chi connectivity index (χ1v) is 11.7. The molecular weight excluding hydrogens is 436 g/mol. The molecule has 9 heteroatoms. The van der Waals surface area contributed by atoms with E-state index in [0.29, 0.717) is 0 Å². The van der Waals surface area contributed by atoms with Crippen LogP contribution in [0.2, 0.25) is 0 Å². The van der Waals surface area contributed by atoms with E-state index in [4.69, 9.17) is 4.74 Å². The minimum atomic E-state index is -3.54. The number of anilines is 1. The van der Waals surface area contributed by atoms with Gasteiger partial charge in [-0.3, -0.25) is 10.1 Å². The van der Waals surface area contributed by atoms with Crippen molar-refractivity contribution in [2.24, 2.45) is 0 Å². The fourth-order valence-electron chi connectivity index (χ4n) is 2.47. The molecule has 0 fully saturated rings. The van der Waals surface area contributed by atoms with Crippen LogP contribution in [0.15, 0.2) is 71.1 Å². The molecule has 1 heterocycles. The highest BCUT2D eigenvalue weighted by molar-refractivity contribution is 7.92. The largest absolute Gasteiger partial charge is 0.423 e. The fraction of sp³-hybridized carbons (Fsp3) is 0.136. The molecule has 0 aliphatic heterocycles. The van der Waals surface area contributed by atoms with Crippen molar-refractivity contribution in [2.45, 2.75) is 24.1 Å². The number of esters is 1. The summed E-state index contributed by atoms with van der Waals surface area (Å²) in [6.07, 6.45) is 2.88. The standard InChI is InChI=1S/C22H20N2O5S2/c1-15(2)31(27,28)19-14-30-22(23-19)24-21(26)17-10-6-7-11-18(17)29-20(25)13-12-16-8-4-3-5-9-16/h3-15H,1-2H3,(H,23,24,26)/b13-12+. The molecule has 0 radical (unpaired) electrons. The van der Waals surface area contributed by atoms with Crippen molar-refractivity contribution in [1.29, 1.82) is 0 Å². The lowest BCUT2D eigenvalue weighted by Crippen LogP contribution is -2.16. The highest BCUT2D eigenvalue weighted by Crippen LogP contribution is 2.25. The van der Waals surface area contributed by atoms with Crippen molar-refractivity contribution >= 4 is 44.3 Å². The number of sulfone groups is 1. The van der Waals surface area contributed by atoms with Gasteiger partial charge < -0.3 is 4.74 Å². The number of carbonyl (C=O) groups excluding carboxylic acids is 2. The second-order valence-electron chi connectivity index (χ2n) is 6.70. The van der Waals surface area contributed by atoms with Gasteiger partial charge >= 0.3 is 5.97 Å². The molecule has 0 atom stereocenters. The molecule has 31 heavy (non-hydrogen) atoms. The van der Waals surface area contributed by atoms with Crippen LogP contribution in [0.4, 0.5) is 5.13 Å². The number of amides is 1. The Balaban J connectivity index is 1.73. The van der Waals surface area contributed by atoms with Crippen LogP contribution < -0.4 is 10.1 Å². The maximum Gasteiger partial charge on any atom is 0.336 e. The summed E-state index contributed by atoms with van der Waals surface area (Å²) in [4.78, 5) is 28.9. The zero-order valence-corrected chi connectivity index (χ0v) is 18.4. The molecule has 2 aromatic carbocycles. The zero-order valence-electron chi connectivity index (χ0n) is 16.8. The number of nitrogens with zero attached hydrogens (tertiary/aromatic N) is 1. The molecular formula is C22H20N2O5S2. The van der Waals surface area contributed by atoms with Gasteiger partial charge in [-0.2, -0.15) is 0 Å². The predicted octanol–water partition coefficient (Wildman–Crippen LogP) is 4.20. The first-order chi connectivity index (χ1) is 14.8. The average molecular weight is 457 g/mol. The van der Waals surface area contributed by atoms with Crippen LogP contribution in [0, 0.1) is 0 Å². The second kappa shape index (κ2) is 9.67. The van der Waals surface area contributed by atoms with Crippen LogP contribution in [-0.4, -0.2) is 30.5 Å². The summed E-state index contributed by atoms with van der Waals surface area (Å²) in [5.41, 5.74) is 0.953. The van der Waals surface area contributed by atoms with Gasteiger partial charge in [0.05, 0.1) is 10.8 Å². The molecule has 3 rings (SSSR count). The van der Waals surface area contributed by atoms with Gasteiger partial charge in [-0.15, -0.1) is 11.3 Å². The van der Waals surface area contributed by atoms with Gasteiger partial charge in [0.1, 0.15) is 5.75 Å². The summed E-state index contributed by atoms with van der Waals surface area (Å²) >= 11 is 1.00. The van der Waals surface area contributed by atoms with Crippen LogP contribution in [0.25, 0.3) is 6.08 Å². The third-order valence-corrected chi connectivity index (χ3v) is 7.11. The van der Waals surface area contributed by atoms with E-state index in [-0.39, 0.29) is 21.5 Å². The van der Waals surface area contributed by atoms with Crippen molar-refractivity contribution < 1.29 is 22.7 Å². The van der Waals surface area contributed by atoms with E-state index in [1.54, 1.807) is 32.1 Å². The second-order valence-corrected chi connectivity index (χ2v) is 10.0. The minimum Gasteiger partial charge on any atom is -0.423 e. The fourth-order valence-corrected chi connectivity index (χ4v) is 4.48. The Morgan fingerprint density at radius 1 is 1.06 bits per heavy atom. The molecule has 1 amide bonds. The summed E-state index contributed by atoms with van der Waals surface area (Å²) in [6, 6.07) is 15.5. The number of aromatic nitrogens is 1. The number of benzene rings is 2. The van der Waals surface area contributed by atoms with Crippen LogP contribution in [0.1, 0.15) is 29.8 Å². The topological polar surface area (TPSA) is 102 Å². The van der Waals surface area contributed by atoms with Crippen molar-refractivity contribution in [3.8, 4) is 5.75 Å². The summed E-state index contributed by atoms with van der Waals surface area (Å²) in [5.74, 6) is -1.13. The number of ether oxygens (including phenoxy) is 1. The Bertz CT molecular complexity index is 1220. The molecule has 1 N–H and O–H groups in total. The van der Waals surface area contributed by atoms with Gasteiger partial charge in [0.15, 0.2) is 20.0 Å². The smallest absolute Gasteiger partial charge is 0.336 e. The van der Waals surface area contributed by atoms with Gasteiger partial charge in [-0.25, -0.2) is 18.2 Å². The maximum absolute atomic E-state index is 12.7. The van der Waals surface area contributed by atoms with Gasteiger partial charge in [-0.1, -0.05) is 42.5 Å². The normalized spacial score (nSPS) is 11.6. The molecule has 0 bridgehead atoms. The molecule has 0 saturated heterocycles. The first-order valence-electron chi connectivity index (χ1n) is 9.32. The Kier molecular flexibility index (Phi) is 6.98. The summed E-state index contributed by atoms with van der Waals surface area (Å²) in [7, 11) is -3.54. The summed E-state index contributed by atoms with van der Waals surface area (Å²) < 4.78 is 29.7. The van der Waals surface area contributed by atoms with Crippen LogP contribution >= 0.6 is 11.3 Å². The molecule has 0 saturated carbocycles. The predicted molar refractivity (Wildman–Crippen MR) is 120 cm³/mol. The highest BCUT2D eigenvalue weighted by Gasteiger charge is 2.23. The van der Waals surface area contributed by atoms with E-state index >= 15 is 0 Å². The highest BCUT2D eigenvalue weighted by atomic mass is 32.2. The summed E-state index contributed by atoms with van der Waals surface area (Å²) in [6.45, 7) is 3.12. The van der Waals surface area contributed by atoms with E-state index in [9.17, 15) is 18.0 Å². The molecule has 160 valence electrons. The first kappa shape index (κ1) is 22.4. The number of carbonyl (C=O) groups is 2. The lowest BCUT2D eigenvalue weighted by molar-refractivity contribution is -0.128. The van der Waals surface area contributed by atoms with Crippen LogP contribution in [0.5, 0.6) is 5.75 Å². The average Bonchev–Trinajstić information content (AvgIpc) is 3.22. The van der Waals surface area contributed by atoms with E-state index in [1.807, 2.05) is 30.3 Å². The minimum absolute atomic E-state index is 0.0780. The van der Waals surface area contributed by atoms with Gasteiger partial charge in [0.2, 0.25) is 0 Å². The Hall–Kier alpha value is -3.30. The van der Waals surface area contributed by atoms with E-state index < -0.39 is 27.0 Å². The third-order valence-electron chi connectivity index (χ3n) is 4.17. The number of thiazole rings is 1. The molecule has 0 unspecified atom stereocenters. The number of para-hydroxylation sites is 1. The number of rotatable bonds is 7.